The number of benzene rings is 2. The summed E-state index contributed by atoms with van der Waals surface area (Å²) in [6.07, 6.45) is 0. The molecule has 0 saturated heterocycles. The maximum atomic E-state index is 12.4. The predicted molar refractivity (Wildman–Crippen MR) is 89.0 cm³/mol. The third-order valence-electron chi connectivity index (χ3n) is 3.15. The molecule has 0 atom stereocenters. The van der Waals surface area contributed by atoms with E-state index in [0.29, 0.717) is 5.56 Å². The highest BCUT2D eigenvalue weighted by atomic mass is 32.2. The van der Waals surface area contributed by atoms with Gasteiger partial charge in [0.25, 0.3) is 0 Å². The summed E-state index contributed by atoms with van der Waals surface area (Å²) in [6.45, 7) is 4.97. The molecule has 130 valence electrons. The van der Waals surface area contributed by atoms with Gasteiger partial charge < -0.3 is 4.18 Å². The molecule has 0 amide bonds. The van der Waals surface area contributed by atoms with Gasteiger partial charge in [-0.3, -0.25) is 4.18 Å². The highest BCUT2D eigenvalue weighted by Gasteiger charge is 2.25. The Morgan fingerprint density at radius 3 is 2.00 bits per heavy atom. The van der Waals surface area contributed by atoms with Crippen molar-refractivity contribution in [3.63, 3.8) is 0 Å². The van der Waals surface area contributed by atoms with Gasteiger partial charge in [-0.25, -0.2) is 0 Å². The molecule has 0 unspecified atom stereocenters. The fourth-order valence-electron chi connectivity index (χ4n) is 1.98. The summed E-state index contributed by atoms with van der Waals surface area (Å²) >= 11 is 0. The second-order valence-corrected chi connectivity index (χ2v) is 8.29. The van der Waals surface area contributed by atoms with Gasteiger partial charge >= 0.3 is 20.2 Å². The monoisotopic (exact) mass is 370 g/mol. The molecule has 0 aliphatic heterocycles. The van der Waals surface area contributed by atoms with Crippen LogP contribution in [0.25, 0.3) is 0 Å². The molecule has 6 nitrogen and oxygen atoms in total. The highest BCUT2D eigenvalue weighted by molar-refractivity contribution is 7.87. The van der Waals surface area contributed by atoms with E-state index in [4.69, 9.17) is 8.37 Å². The number of hydrogen-bond acceptors (Lipinski definition) is 6. The minimum atomic E-state index is -4.16. The summed E-state index contributed by atoms with van der Waals surface area (Å²) in [5.74, 6) is -0.288. The third kappa shape index (κ3) is 4.14. The average Bonchev–Trinajstić information content (AvgIpc) is 2.47. The van der Waals surface area contributed by atoms with Gasteiger partial charge in [0, 0.05) is 0 Å². The van der Waals surface area contributed by atoms with Crippen molar-refractivity contribution >= 4 is 20.2 Å². The van der Waals surface area contributed by atoms with Crippen LogP contribution in [0.5, 0.6) is 5.75 Å². The molecule has 2 rings (SSSR count). The van der Waals surface area contributed by atoms with E-state index in [1.165, 1.54) is 37.3 Å². The van der Waals surface area contributed by atoms with E-state index in [1.54, 1.807) is 19.1 Å². The van der Waals surface area contributed by atoms with E-state index in [2.05, 4.69) is 0 Å². The number of aryl methyl sites for hydroxylation is 2. The highest BCUT2D eigenvalue weighted by Crippen LogP contribution is 2.29. The third-order valence-corrected chi connectivity index (χ3v) is 5.82. The van der Waals surface area contributed by atoms with Gasteiger partial charge in [-0.1, -0.05) is 23.8 Å². The Labute approximate surface area is 142 Å². The first kappa shape index (κ1) is 18.4. The Bertz CT molecular complexity index is 929. The molecule has 8 heteroatoms. The predicted octanol–water partition coefficient (Wildman–Crippen LogP) is 2.80. The molecule has 0 N–H and O–H groups in total. The molecule has 0 bridgehead atoms. The lowest BCUT2D eigenvalue weighted by Gasteiger charge is -2.12. The zero-order valence-electron chi connectivity index (χ0n) is 13.5. The summed E-state index contributed by atoms with van der Waals surface area (Å²) in [7, 11) is -8.27. The lowest BCUT2D eigenvalue weighted by molar-refractivity contribution is 0.336. The van der Waals surface area contributed by atoms with Crippen molar-refractivity contribution in [2.45, 2.75) is 30.6 Å². The van der Waals surface area contributed by atoms with Crippen molar-refractivity contribution < 1.29 is 25.2 Å². The van der Waals surface area contributed by atoms with Crippen LogP contribution >= 0.6 is 0 Å². The number of rotatable bonds is 6. The normalized spacial score (nSPS) is 12.1. The van der Waals surface area contributed by atoms with Gasteiger partial charge in [0.1, 0.15) is 9.79 Å². The molecule has 0 fully saturated rings. The van der Waals surface area contributed by atoms with Gasteiger partial charge in [0.05, 0.1) is 6.61 Å². The van der Waals surface area contributed by atoms with Crippen molar-refractivity contribution in [2.75, 3.05) is 6.61 Å². The molecule has 0 spiro atoms. The first-order chi connectivity index (χ1) is 11.2. The first-order valence-electron chi connectivity index (χ1n) is 7.17. The summed E-state index contributed by atoms with van der Waals surface area (Å²) < 4.78 is 58.9. The quantitative estimate of drug-likeness (QED) is 0.727. The van der Waals surface area contributed by atoms with E-state index in [9.17, 15) is 16.8 Å². The van der Waals surface area contributed by atoms with Crippen LogP contribution in [0.2, 0.25) is 0 Å². The Kier molecular flexibility index (Phi) is 5.32. The average molecular weight is 370 g/mol. The van der Waals surface area contributed by atoms with Crippen molar-refractivity contribution in [1.82, 2.24) is 0 Å². The van der Waals surface area contributed by atoms with Crippen LogP contribution < -0.4 is 4.18 Å². The maximum Gasteiger partial charge on any atom is 0.339 e. The molecule has 24 heavy (non-hydrogen) atoms. The number of hydrogen-bond donors (Lipinski definition) is 0. The van der Waals surface area contributed by atoms with E-state index in [0.717, 1.165) is 5.56 Å². The van der Waals surface area contributed by atoms with Gasteiger partial charge in [0.15, 0.2) is 5.75 Å². The van der Waals surface area contributed by atoms with Gasteiger partial charge in [0.2, 0.25) is 0 Å². The minimum Gasteiger partial charge on any atom is -0.377 e. The zero-order valence-corrected chi connectivity index (χ0v) is 15.1. The van der Waals surface area contributed by atoms with Crippen LogP contribution in [0, 0.1) is 13.8 Å². The molecular weight excluding hydrogens is 352 g/mol. The second kappa shape index (κ2) is 6.92. The molecule has 0 heterocycles. The Hall–Kier alpha value is -1.90. The Morgan fingerprint density at radius 1 is 0.833 bits per heavy atom. The van der Waals surface area contributed by atoms with Crippen molar-refractivity contribution in [3.05, 3.63) is 53.6 Å². The van der Waals surface area contributed by atoms with Gasteiger partial charge in [-0.2, -0.15) is 16.8 Å². The smallest absolute Gasteiger partial charge is 0.339 e. The molecule has 2 aromatic carbocycles. The molecule has 0 aliphatic rings. The largest absolute Gasteiger partial charge is 0.377 e. The summed E-state index contributed by atoms with van der Waals surface area (Å²) in [5, 5.41) is 0. The molecule has 0 aromatic heterocycles. The van der Waals surface area contributed by atoms with Crippen molar-refractivity contribution in [2.24, 2.45) is 0 Å². The Balaban J connectivity index is 2.49. The topological polar surface area (TPSA) is 86.7 Å². The SMILES string of the molecule is CCOS(=O)(=O)c1ccc(C)cc1OS(=O)(=O)c1ccc(C)cc1. The van der Waals surface area contributed by atoms with Crippen molar-refractivity contribution in [3.8, 4) is 5.75 Å². The van der Waals surface area contributed by atoms with Crippen LogP contribution in [0.3, 0.4) is 0 Å². The minimum absolute atomic E-state index is 0.0608. The molecule has 2 aromatic rings. The Morgan fingerprint density at radius 2 is 1.42 bits per heavy atom. The van der Waals surface area contributed by atoms with Crippen LogP contribution in [0.1, 0.15) is 18.1 Å². The van der Waals surface area contributed by atoms with Crippen LogP contribution in [-0.2, 0) is 24.4 Å². The lowest BCUT2D eigenvalue weighted by Crippen LogP contribution is -2.14. The molecule has 0 saturated carbocycles. The van der Waals surface area contributed by atoms with E-state index < -0.39 is 20.2 Å². The van der Waals surface area contributed by atoms with E-state index >= 15 is 0 Å². The van der Waals surface area contributed by atoms with Crippen molar-refractivity contribution in [1.29, 1.82) is 0 Å². The van der Waals surface area contributed by atoms with Gasteiger partial charge in [-0.15, -0.1) is 0 Å². The molecule has 0 aliphatic carbocycles. The summed E-state index contributed by atoms with van der Waals surface area (Å²) in [6, 6.07) is 10.2. The molecular formula is C16H18O6S2. The van der Waals surface area contributed by atoms with Crippen LogP contribution in [0.15, 0.2) is 52.3 Å². The first-order valence-corrected chi connectivity index (χ1v) is 9.98. The van der Waals surface area contributed by atoms with E-state index in [-0.39, 0.29) is 22.1 Å². The second-order valence-electron chi connectivity index (χ2n) is 5.16. The lowest BCUT2D eigenvalue weighted by atomic mass is 10.2. The molecule has 0 radical (unpaired) electrons. The zero-order chi connectivity index (χ0) is 18.0. The van der Waals surface area contributed by atoms with Crippen LogP contribution in [0.4, 0.5) is 0 Å². The summed E-state index contributed by atoms with van der Waals surface area (Å²) in [4.78, 5) is -0.389. The van der Waals surface area contributed by atoms with Crippen LogP contribution in [-0.4, -0.2) is 23.4 Å². The standard InChI is InChI=1S/C16H18O6S2/c1-4-21-24(19,20)16-10-7-13(3)11-15(16)22-23(17,18)14-8-5-12(2)6-9-14/h5-11H,4H2,1-3H3. The maximum absolute atomic E-state index is 12.4. The van der Waals surface area contributed by atoms with E-state index in [1.807, 2.05) is 6.92 Å². The summed E-state index contributed by atoms with van der Waals surface area (Å²) in [5.41, 5.74) is 1.55. The fourth-order valence-corrected chi connectivity index (χ4v) is 3.99. The fraction of sp³-hybridized carbons (Fsp3) is 0.250. The van der Waals surface area contributed by atoms with Gasteiger partial charge in [-0.05, 0) is 50.6 Å².